The third-order valence-corrected chi connectivity index (χ3v) is 3.41. The van der Waals surface area contributed by atoms with E-state index in [9.17, 15) is 0 Å². The first kappa shape index (κ1) is 7.77. The lowest BCUT2D eigenvalue weighted by Crippen LogP contribution is -1.92. The molecular formula is C6H14Mg. The Morgan fingerprint density at radius 3 is 2.14 bits per heavy atom. The van der Waals surface area contributed by atoms with Gasteiger partial charge in [0.2, 0.25) is 0 Å². The molecule has 0 fully saturated rings. The summed E-state index contributed by atoms with van der Waals surface area (Å²) in [5.41, 5.74) is 0. The summed E-state index contributed by atoms with van der Waals surface area (Å²) in [5.74, 6) is 0.964. The van der Waals surface area contributed by atoms with Crippen molar-refractivity contribution in [3.05, 3.63) is 0 Å². The van der Waals surface area contributed by atoms with Crippen LogP contribution in [-0.2, 0) is 0 Å². The Morgan fingerprint density at radius 1 is 1.43 bits per heavy atom. The van der Waals surface area contributed by atoms with Crippen molar-refractivity contribution >= 4 is 20.4 Å². The fraction of sp³-hybridized carbons (Fsp3) is 1.00. The van der Waals surface area contributed by atoms with E-state index in [1.165, 1.54) is 9.10 Å². The first-order valence-electron chi connectivity index (χ1n) is 3.27. The highest BCUT2D eigenvalue weighted by atomic mass is 24.5. The molecule has 0 N–H and O–H groups in total. The van der Waals surface area contributed by atoms with Gasteiger partial charge in [0.1, 0.15) is 0 Å². The van der Waals surface area contributed by atoms with E-state index in [1.807, 2.05) is 0 Å². The van der Waals surface area contributed by atoms with Gasteiger partial charge in [-0.15, -0.1) is 9.10 Å². The van der Waals surface area contributed by atoms with Gasteiger partial charge in [-0.25, -0.2) is 0 Å². The van der Waals surface area contributed by atoms with Crippen molar-refractivity contribution in [3.63, 3.8) is 0 Å². The quantitative estimate of drug-likeness (QED) is 0.489. The lowest BCUT2D eigenvalue weighted by molar-refractivity contribution is 0.730. The van der Waals surface area contributed by atoms with Crippen LogP contribution < -0.4 is 0 Å². The van der Waals surface area contributed by atoms with Gasteiger partial charge in [0.05, 0.1) is 0 Å². The summed E-state index contributed by atoms with van der Waals surface area (Å²) in [4.78, 5) is 0. The standard InChI is InChI=1S/C4H9.C2H5.Mg/c1-4(2)3;1-2;/h4H,1H2,2-3H3;1H2,2H3;. The molecular weight excluding hydrogens is 96.4 g/mol. The van der Waals surface area contributed by atoms with Crippen LogP contribution >= 0.6 is 0 Å². The average Bonchev–Trinajstić information content (AvgIpc) is 1.61. The van der Waals surface area contributed by atoms with E-state index in [4.69, 9.17) is 0 Å². The zero-order chi connectivity index (χ0) is 5.70. The van der Waals surface area contributed by atoms with Crippen LogP contribution in [0.1, 0.15) is 20.8 Å². The molecule has 0 unspecified atom stereocenters. The van der Waals surface area contributed by atoms with E-state index in [-0.39, 0.29) is 0 Å². The Labute approximate surface area is 56.4 Å². The van der Waals surface area contributed by atoms with E-state index in [0.29, 0.717) is 20.4 Å². The molecule has 0 aliphatic rings. The Hall–Kier alpha value is 0.766. The fourth-order valence-electron chi connectivity index (χ4n) is 0.612. The molecule has 0 aromatic carbocycles. The molecule has 7 heavy (non-hydrogen) atoms. The molecule has 0 aromatic heterocycles. The third kappa shape index (κ3) is 6.77. The van der Waals surface area contributed by atoms with Crippen LogP contribution in [0.5, 0.6) is 0 Å². The minimum atomic E-state index is 0.374. The number of hydrogen-bond acceptors (Lipinski definition) is 0. The number of rotatable bonds is 3. The van der Waals surface area contributed by atoms with Gasteiger partial charge in [-0.3, -0.25) is 0 Å². The summed E-state index contributed by atoms with van der Waals surface area (Å²) in [5, 5.41) is 0. The SMILES string of the molecule is C[CH2][Mg][CH2]C(C)C. The largest absolute Gasteiger partial charge is 0.364 e. The van der Waals surface area contributed by atoms with E-state index >= 15 is 0 Å². The first-order valence-corrected chi connectivity index (χ1v) is 5.27. The number of hydrogen-bond donors (Lipinski definition) is 0. The molecule has 0 atom stereocenters. The second kappa shape index (κ2) is 4.91. The molecule has 0 saturated heterocycles. The summed E-state index contributed by atoms with van der Waals surface area (Å²) in [7, 11) is 0. The van der Waals surface area contributed by atoms with Crippen molar-refractivity contribution in [1.29, 1.82) is 0 Å². The molecule has 0 spiro atoms. The summed E-state index contributed by atoms with van der Waals surface area (Å²) >= 11 is 0.374. The van der Waals surface area contributed by atoms with Crippen molar-refractivity contribution in [2.75, 3.05) is 0 Å². The molecule has 0 rings (SSSR count). The van der Waals surface area contributed by atoms with Crippen molar-refractivity contribution in [1.82, 2.24) is 0 Å². The van der Waals surface area contributed by atoms with Gasteiger partial charge in [-0.1, -0.05) is 26.7 Å². The van der Waals surface area contributed by atoms with Crippen LogP contribution in [0.25, 0.3) is 0 Å². The van der Waals surface area contributed by atoms with Gasteiger partial charge < -0.3 is 0 Å². The van der Waals surface area contributed by atoms with Gasteiger partial charge >= 0.3 is 20.4 Å². The second-order valence-electron chi connectivity index (χ2n) is 2.54. The van der Waals surface area contributed by atoms with Gasteiger partial charge in [0, 0.05) is 0 Å². The van der Waals surface area contributed by atoms with Crippen molar-refractivity contribution in [2.24, 2.45) is 5.92 Å². The summed E-state index contributed by atoms with van der Waals surface area (Å²) in [6.07, 6.45) is 0. The molecule has 0 heterocycles. The monoisotopic (exact) mass is 110 g/mol. The van der Waals surface area contributed by atoms with E-state index < -0.39 is 0 Å². The van der Waals surface area contributed by atoms with Gasteiger partial charge in [-0.05, 0) is 0 Å². The van der Waals surface area contributed by atoms with Crippen LogP contribution in [0, 0.1) is 5.92 Å². The van der Waals surface area contributed by atoms with Crippen LogP contribution in [-0.4, -0.2) is 20.4 Å². The molecule has 0 saturated carbocycles. The molecule has 0 aliphatic carbocycles. The predicted molar refractivity (Wildman–Crippen MR) is 35.9 cm³/mol. The highest BCUT2D eigenvalue weighted by molar-refractivity contribution is 6.35. The molecule has 0 aromatic rings. The van der Waals surface area contributed by atoms with Gasteiger partial charge in [-0.2, -0.15) is 0 Å². The fourth-order valence-corrected chi connectivity index (χ4v) is 1.84. The van der Waals surface area contributed by atoms with Crippen molar-refractivity contribution in [2.45, 2.75) is 29.9 Å². The zero-order valence-electron chi connectivity index (χ0n) is 5.70. The molecule has 0 aliphatic heterocycles. The lowest BCUT2D eigenvalue weighted by Gasteiger charge is -1.97. The predicted octanol–water partition coefficient (Wildman–Crippen LogP) is 2.20. The van der Waals surface area contributed by atoms with Crippen LogP contribution in [0.15, 0.2) is 0 Å². The molecule has 0 amide bonds. The Morgan fingerprint density at radius 2 is 2.00 bits per heavy atom. The van der Waals surface area contributed by atoms with Crippen molar-refractivity contribution < 1.29 is 0 Å². The summed E-state index contributed by atoms with van der Waals surface area (Å²) in [6, 6.07) is 0. The normalized spacial score (nSPS) is 9.14. The smallest absolute Gasteiger partial charge is 0.149 e. The second-order valence-corrected chi connectivity index (χ2v) is 4.82. The Kier molecular flexibility index (Phi) is 5.45. The van der Waals surface area contributed by atoms with Gasteiger partial charge in [0.15, 0.2) is 0 Å². The van der Waals surface area contributed by atoms with E-state index in [0.717, 1.165) is 5.92 Å². The summed E-state index contributed by atoms with van der Waals surface area (Å²) < 4.78 is 3.02. The van der Waals surface area contributed by atoms with Crippen LogP contribution in [0.4, 0.5) is 0 Å². The maximum atomic E-state index is 2.31. The maximum absolute atomic E-state index is 2.31. The lowest BCUT2D eigenvalue weighted by atomic mass is 10.3. The third-order valence-electron chi connectivity index (χ3n) is 1.14. The molecule has 40 valence electrons. The topological polar surface area (TPSA) is 0 Å². The zero-order valence-corrected chi connectivity index (χ0v) is 7.11. The van der Waals surface area contributed by atoms with Gasteiger partial charge in [0.25, 0.3) is 0 Å². The van der Waals surface area contributed by atoms with Crippen molar-refractivity contribution in [3.8, 4) is 0 Å². The summed E-state index contributed by atoms with van der Waals surface area (Å²) in [6.45, 7) is 6.92. The minimum Gasteiger partial charge on any atom is -0.149 e. The maximum Gasteiger partial charge on any atom is 0.364 e. The van der Waals surface area contributed by atoms with E-state index in [1.54, 1.807) is 0 Å². The Balaban J connectivity index is 2.68. The molecule has 1 heteroatoms. The molecule has 0 radical (unpaired) electrons. The minimum absolute atomic E-state index is 0.374. The van der Waals surface area contributed by atoms with Crippen LogP contribution in [0.3, 0.4) is 0 Å². The van der Waals surface area contributed by atoms with Crippen LogP contribution in [0.2, 0.25) is 9.10 Å². The molecule has 0 nitrogen and oxygen atoms in total. The average molecular weight is 110 g/mol. The molecule has 0 bridgehead atoms. The van der Waals surface area contributed by atoms with E-state index in [2.05, 4.69) is 20.8 Å². The highest BCUT2D eigenvalue weighted by Crippen LogP contribution is 1.98. The first-order chi connectivity index (χ1) is 3.27. The Bertz CT molecular complexity index is 33.2. The highest BCUT2D eigenvalue weighted by Gasteiger charge is 1.93.